The van der Waals surface area contributed by atoms with Gasteiger partial charge >= 0.3 is 0 Å². The Morgan fingerprint density at radius 2 is 1.39 bits per heavy atom. The van der Waals surface area contributed by atoms with E-state index < -0.39 is 0 Å². The van der Waals surface area contributed by atoms with Gasteiger partial charge in [-0.3, -0.25) is 0 Å². The van der Waals surface area contributed by atoms with Crippen LogP contribution in [0.25, 0.3) is 44.5 Å². The van der Waals surface area contributed by atoms with Crippen molar-refractivity contribution in [2.24, 2.45) is 35.5 Å². The summed E-state index contributed by atoms with van der Waals surface area (Å²) < 4.78 is 9.47. The topological polar surface area (TPSA) is 17.0 Å². The molecular weight excluding hydrogens is 498 g/mol. The Bertz CT molecular complexity index is 1870. The quantitative estimate of drug-likeness (QED) is 0.208. The summed E-state index contributed by atoms with van der Waals surface area (Å²) in [5, 5.41) is 2.58. The maximum Gasteiger partial charge on any atom is 0.214 e. The number of rotatable bonds is 3. The third kappa shape index (κ3) is 2.82. The van der Waals surface area contributed by atoms with Crippen molar-refractivity contribution in [3.8, 4) is 22.6 Å². The number of hydrogen-bond donors (Lipinski definition) is 0. The fraction of sp³-hybridized carbons (Fsp3) is 0.410. The van der Waals surface area contributed by atoms with Gasteiger partial charge in [0.05, 0.1) is 5.56 Å². The molecule has 2 aromatic heterocycles. The van der Waals surface area contributed by atoms with Crippen LogP contribution in [0.4, 0.5) is 0 Å². The summed E-state index contributed by atoms with van der Waals surface area (Å²) in [5.41, 5.74) is 10.6. The molecule has 41 heavy (non-hydrogen) atoms. The first kappa shape index (κ1) is 25.3. The zero-order valence-electron chi connectivity index (χ0n) is 25.7. The van der Waals surface area contributed by atoms with E-state index >= 15 is 0 Å². The summed E-state index contributed by atoms with van der Waals surface area (Å²) in [4.78, 5) is 0. The van der Waals surface area contributed by atoms with Crippen molar-refractivity contribution in [1.82, 2.24) is 0 Å². The van der Waals surface area contributed by atoms with E-state index in [0.717, 1.165) is 11.3 Å². The molecule has 5 aromatic rings. The van der Waals surface area contributed by atoms with E-state index in [1.807, 2.05) is 0 Å². The second kappa shape index (κ2) is 8.12. The Labute approximate surface area is 244 Å². The van der Waals surface area contributed by atoms with Crippen LogP contribution in [0.5, 0.6) is 0 Å². The third-order valence-electron chi connectivity index (χ3n) is 11.2. The van der Waals surface area contributed by atoms with E-state index in [9.17, 15) is 0 Å². The molecule has 3 aliphatic rings. The molecule has 3 aromatic carbocycles. The first-order valence-electron chi connectivity index (χ1n) is 15.8. The summed E-state index contributed by atoms with van der Waals surface area (Å²) >= 11 is 0. The maximum absolute atomic E-state index is 6.64. The highest BCUT2D eigenvalue weighted by atomic mass is 16.3. The largest absolute Gasteiger partial charge is 0.456 e. The van der Waals surface area contributed by atoms with Crippen LogP contribution in [0, 0.1) is 35.5 Å². The van der Waals surface area contributed by atoms with Crippen LogP contribution >= 0.6 is 0 Å². The van der Waals surface area contributed by atoms with Crippen LogP contribution in [0.15, 0.2) is 77.2 Å². The minimum absolute atomic E-state index is 0.0697. The van der Waals surface area contributed by atoms with E-state index in [2.05, 4.69) is 133 Å². The van der Waals surface area contributed by atoms with Crippen LogP contribution in [-0.2, 0) is 11.0 Å². The van der Waals surface area contributed by atoms with Gasteiger partial charge in [-0.1, -0.05) is 97.9 Å². The van der Waals surface area contributed by atoms with Crippen molar-refractivity contribution in [2.75, 3.05) is 0 Å². The fourth-order valence-corrected chi connectivity index (χ4v) is 10.2. The van der Waals surface area contributed by atoms with Crippen molar-refractivity contribution in [1.29, 1.82) is 0 Å². The maximum atomic E-state index is 6.64. The number of hydrogen-bond acceptors (Lipinski definition) is 1. The van der Waals surface area contributed by atoms with E-state index in [-0.39, 0.29) is 11.0 Å². The molecule has 1 saturated carbocycles. The second-order valence-electron chi connectivity index (χ2n) is 14.6. The molecular formula is C39H42NO+. The van der Waals surface area contributed by atoms with Gasteiger partial charge in [0.15, 0.2) is 0 Å². The van der Waals surface area contributed by atoms with Crippen molar-refractivity contribution >= 4 is 21.9 Å². The lowest BCUT2D eigenvalue weighted by Crippen LogP contribution is -2.77. The molecule has 0 saturated heterocycles. The lowest BCUT2D eigenvalue weighted by Gasteiger charge is -2.61. The molecule has 8 rings (SSSR count). The first-order chi connectivity index (χ1) is 19.6. The van der Waals surface area contributed by atoms with Gasteiger partial charge in [-0.05, 0) is 47.4 Å². The van der Waals surface area contributed by atoms with Gasteiger partial charge < -0.3 is 4.42 Å². The van der Waals surface area contributed by atoms with Gasteiger partial charge in [-0.2, -0.15) is 4.57 Å². The zero-order chi connectivity index (χ0) is 28.6. The molecule has 2 unspecified atom stereocenters. The van der Waals surface area contributed by atoms with Crippen LogP contribution in [-0.4, -0.2) is 0 Å². The number of aromatic nitrogens is 1. The highest BCUT2D eigenvalue weighted by molar-refractivity contribution is 5.98. The molecule has 1 spiro atoms. The first-order valence-corrected chi connectivity index (χ1v) is 15.8. The molecule has 0 radical (unpaired) electrons. The number of nitrogens with zero attached hydrogens (tertiary/aromatic N) is 1. The lowest BCUT2D eigenvalue weighted by molar-refractivity contribution is -0.757. The molecule has 2 atom stereocenters. The molecule has 3 heterocycles. The van der Waals surface area contributed by atoms with E-state index in [0.29, 0.717) is 35.5 Å². The molecule has 208 valence electrons. The molecule has 1 fully saturated rings. The molecule has 1 aliphatic heterocycles. The molecule has 2 heteroatoms. The number of furan rings is 1. The fourth-order valence-electron chi connectivity index (χ4n) is 10.2. The van der Waals surface area contributed by atoms with E-state index in [4.69, 9.17) is 4.42 Å². The van der Waals surface area contributed by atoms with Crippen molar-refractivity contribution in [3.05, 3.63) is 89.5 Å². The second-order valence-corrected chi connectivity index (χ2v) is 14.6. The highest BCUT2D eigenvalue weighted by Crippen LogP contribution is 2.68. The summed E-state index contributed by atoms with van der Waals surface area (Å²) in [6, 6.07) is 27.4. The minimum atomic E-state index is -0.167. The highest BCUT2D eigenvalue weighted by Gasteiger charge is 2.75. The van der Waals surface area contributed by atoms with Gasteiger partial charge in [0, 0.05) is 56.8 Å². The Kier molecular flexibility index (Phi) is 5.02. The van der Waals surface area contributed by atoms with Gasteiger partial charge in [-0.15, -0.1) is 0 Å². The monoisotopic (exact) mass is 540 g/mol. The third-order valence-corrected chi connectivity index (χ3v) is 11.2. The van der Waals surface area contributed by atoms with Gasteiger partial charge in [0.1, 0.15) is 11.3 Å². The van der Waals surface area contributed by atoms with Crippen LogP contribution < -0.4 is 4.57 Å². The Morgan fingerprint density at radius 3 is 2.10 bits per heavy atom. The van der Waals surface area contributed by atoms with Gasteiger partial charge in [0.25, 0.3) is 0 Å². The summed E-state index contributed by atoms with van der Waals surface area (Å²) in [6.45, 7) is 19.7. The van der Waals surface area contributed by atoms with E-state index in [1.165, 1.54) is 44.2 Å². The van der Waals surface area contributed by atoms with E-state index in [1.54, 1.807) is 5.56 Å². The average molecular weight is 541 g/mol. The molecule has 2 aliphatic carbocycles. The van der Waals surface area contributed by atoms with Crippen LogP contribution in [0.3, 0.4) is 0 Å². The number of pyridine rings is 1. The average Bonchev–Trinajstić information content (AvgIpc) is 3.52. The number of fused-ring (bicyclic) bond motifs is 13. The summed E-state index contributed by atoms with van der Waals surface area (Å²) in [7, 11) is 0. The number of para-hydroxylation sites is 2. The summed E-state index contributed by atoms with van der Waals surface area (Å²) in [6.07, 6.45) is 0. The van der Waals surface area contributed by atoms with Crippen LogP contribution in [0.1, 0.15) is 72.1 Å². The molecule has 0 amide bonds. The predicted molar refractivity (Wildman–Crippen MR) is 169 cm³/mol. The van der Waals surface area contributed by atoms with Crippen molar-refractivity contribution in [2.45, 2.75) is 66.3 Å². The van der Waals surface area contributed by atoms with Crippen molar-refractivity contribution < 1.29 is 8.98 Å². The molecule has 0 bridgehead atoms. The number of benzene rings is 3. The Balaban J connectivity index is 1.53. The SMILES string of the molecule is CC(C)C1C(C(C)C)C2(c3ccc4c(c3-c3ccc5ccccc5[n+]32)C(C)(C)c2c-4oc3ccccc23)C1C(C)C. The minimum Gasteiger partial charge on any atom is -0.456 e. The molecule has 2 nitrogen and oxygen atoms in total. The predicted octanol–water partition coefficient (Wildman–Crippen LogP) is 9.73. The zero-order valence-corrected chi connectivity index (χ0v) is 25.7. The molecule has 0 N–H and O–H groups in total. The standard InChI is InChI=1S/C39H42NO/c1-21(2)31-33(22(3)4)39(34(31)23(5)6)27-19-18-26-35(32(27)29-20-17-24-13-9-11-15-28(24)40(29)39)38(7,8)36-25-14-10-12-16-30(25)41-37(26)36/h9-23,31,33-34H,1-8H3/q+1. The van der Waals surface area contributed by atoms with Crippen molar-refractivity contribution in [3.63, 3.8) is 0 Å². The lowest BCUT2D eigenvalue weighted by atomic mass is 9.41. The van der Waals surface area contributed by atoms with Gasteiger partial charge in [-0.25, -0.2) is 0 Å². The Morgan fingerprint density at radius 1 is 0.707 bits per heavy atom. The smallest absolute Gasteiger partial charge is 0.214 e. The Hall–Kier alpha value is -3.39. The summed E-state index contributed by atoms with van der Waals surface area (Å²) in [5.74, 6) is 4.65. The van der Waals surface area contributed by atoms with Gasteiger partial charge in [0.2, 0.25) is 16.7 Å². The van der Waals surface area contributed by atoms with Crippen LogP contribution in [0.2, 0.25) is 0 Å². The normalized spacial score (nSPS) is 25.3.